The summed E-state index contributed by atoms with van der Waals surface area (Å²) in [7, 11) is 5.51. The maximum atomic E-state index is 13.5. The Bertz CT molecular complexity index is 1460. The third-order valence-electron chi connectivity index (χ3n) is 6.13. The number of benzene rings is 3. The van der Waals surface area contributed by atoms with Crippen LogP contribution in [0.1, 0.15) is 27.5 Å². The third kappa shape index (κ3) is 4.64. The lowest BCUT2D eigenvalue weighted by molar-refractivity contribution is -0.132. The van der Waals surface area contributed by atoms with Gasteiger partial charge in [0.25, 0.3) is 11.7 Å². The number of Topliss-reactive ketones (excluding diaryl/α,β-unsaturated/α-hetero) is 1. The number of methoxy groups -OCH3 is 4. The molecule has 38 heavy (non-hydrogen) atoms. The van der Waals surface area contributed by atoms with E-state index in [1.807, 2.05) is 0 Å². The highest BCUT2D eigenvalue weighted by molar-refractivity contribution is 6.51. The van der Waals surface area contributed by atoms with Gasteiger partial charge in [-0.05, 0) is 42.0 Å². The van der Waals surface area contributed by atoms with Crippen LogP contribution >= 0.6 is 11.6 Å². The largest absolute Gasteiger partial charge is 0.507 e. The molecule has 3 aromatic carbocycles. The standard InChI is InChI=1S/C28H24ClNO8/c1-35-18-10-6-7-15(12-18)24-23(25(31)19-13-22(37-3)20(29)14-21(19)36-2)26(32)27(33)30(24)17-9-5-8-16(11-17)28(34)38-4/h5-14,24,31H,1-4H3/b25-23+. The summed E-state index contributed by atoms with van der Waals surface area (Å²) in [4.78, 5) is 40.4. The zero-order chi connectivity index (χ0) is 27.6. The smallest absolute Gasteiger partial charge is 0.337 e. The summed E-state index contributed by atoms with van der Waals surface area (Å²) in [6.45, 7) is 0. The van der Waals surface area contributed by atoms with Gasteiger partial charge < -0.3 is 24.1 Å². The summed E-state index contributed by atoms with van der Waals surface area (Å²) >= 11 is 6.23. The van der Waals surface area contributed by atoms with Gasteiger partial charge in [0.15, 0.2) is 0 Å². The van der Waals surface area contributed by atoms with Crippen molar-refractivity contribution in [2.45, 2.75) is 6.04 Å². The maximum absolute atomic E-state index is 13.5. The number of ketones is 1. The Morgan fingerprint density at radius 3 is 2.26 bits per heavy atom. The van der Waals surface area contributed by atoms with Gasteiger partial charge in [0.1, 0.15) is 23.0 Å². The number of carbonyl (C=O) groups excluding carboxylic acids is 3. The van der Waals surface area contributed by atoms with E-state index in [0.29, 0.717) is 11.3 Å². The molecule has 1 heterocycles. The Kier molecular flexibility index (Phi) is 7.59. The second-order valence-electron chi connectivity index (χ2n) is 8.17. The molecule has 4 rings (SSSR count). The number of ether oxygens (including phenoxy) is 4. The lowest BCUT2D eigenvalue weighted by Gasteiger charge is -2.26. The molecule has 1 aliphatic rings. The third-order valence-corrected chi connectivity index (χ3v) is 6.42. The van der Waals surface area contributed by atoms with Crippen molar-refractivity contribution < 1.29 is 38.4 Å². The van der Waals surface area contributed by atoms with Gasteiger partial charge >= 0.3 is 5.97 Å². The van der Waals surface area contributed by atoms with Gasteiger partial charge in [-0.2, -0.15) is 0 Å². The van der Waals surface area contributed by atoms with E-state index < -0.39 is 29.5 Å². The van der Waals surface area contributed by atoms with Crippen LogP contribution < -0.4 is 19.1 Å². The number of hydrogen-bond acceptors (Lipinski definition) is 8. The van der Waals surface area contributed by atoms with Crippen molar-refractivity contribution >= 4 is 40.7 Å². The second kappa shape index (κ2) is 10.9. The van der Waals surface area contributed by atoms with E-state index in [9.17, 15) is 19.5 Å². The summed E-state index contributed by atoms with van der Waals surface area (Å²) in [5.74, 6) is -2.07. The monoisotopic (exact) mass is 537 g/mol. The fourth-order valence-electron chi connectivity index (χ4n) is 4.32. The first-order valence-electron chi connectivity index (χ1n) is 11.3. The number of halogens is 1. The van der Waals surface area contributed by atoms with Gasteiger partial charge in [-0.25, -0.2) is 4.79 Å². The average molecular weight is 538 g/mol. The molecule has 0 radical (unpaired) electrons. The Balaban J connectivity index is 2.01. The Hall–Kier alpha value is -4.50. The van der Waals surface area contributed by atoms with Crippen LogP contribution in [-0.4, -0.2) is 51.2 Å². The summed E-state index contributed by atoms with van der Waals surface area (Å²) in [6.07, 6.45) is 0. The van der Waals surface area contributed by atoms with E-state index in [-0.39, 0.29) is 38.9 Å². The molecule has 9 nitrogen and oxygen atoms in total. The van der Waals surface area contributed by atoms with Crippen LogP contribution in [0.15, 0.2) is 66.2 Å². The number of hydrogen-bond donors (Lipinski definition) is 1. The fraction of sp³-hybridized carbons (Fsp3) is 0.179. The van der Waals surface area contributed by atoms with E-state index in [4.69, 9.17) is 30.5 Å². The van der Waals surface area contributed by atoms with Crippen LogP contribution in [0, 0.1) is 0 Å². The number of anilines is 1. The molecule has 0 aromatic heterocycles. The van der Waals surface area contributed by atoms with E-state index in [2.05, 4.69) is 0 Å². The highest BCUT2D eigenvalue weighted by atomic mass is 35.5. The van der Waals surface area contributed by atoms with Crippen molar-refractivity contribution in [3.8, 4) is 17.2 Å². The molecular formula is C28H24ClNO8. The van der Waals surface area contributed by atoms with Crippen LogP contribution in [0.3, 0.4) is 0 Å². The topological polar surface area (TPSA) is 112 Å². The summed E-state index contributed by atoms with van der Waals surface area (Å²) in [6, 6.07) is 14.6. The van der Waals surface area contributed by atoms with Crippen LogP contribution in [0.25, 0.3) is 5.76 Å². The molecular weight excluding hydrogens is 514 g/mol. The molecule has 3 aromatic rings. The van der Waals surface area contributed by atoms with E-state index in [1.54, 1.807) is 36.4 Å². The average Bonchev–Trinajstić information content (AvgIpc) is 3.21. The highest BCUT2D eigenvalue weighted by Gasteiger charge is 2.47. The molecule has 0 bridgehead atoms. The second-order valence-corrected chi connectivity index (χ2v) is 8.58. The predicted molar refractivity (Wildman–Crippen MR) is 140 cm³/mol. The van der Waals surface area contributed by atoms with Crippen LogP contribution in [0.5, 0.6) is 17.2 Å². The SMILES string of the molecule is COC(=O)c1cccc(N2C(=O)C(=O)/C(=C(/O)c3cc(OC)c(Cl)cc3OC)C2c2cccc(OC)c2)c1. The van der Waals surface area contributed by atoms with Crippen molar-refractivity contribution in [3.63, 3.8) is 0 Å². The first kappa shape index (κ1) is 26.6. The van der Waals surface area contributed by atoms with Gasteiger partial charge in [-0.3, -0.25) is 14.5 Å². The normalized spacial score (nSPS) is 16.3. The number of amides is 1. The molecule has 0 aliphatic carbocycles. The van der Waals surface area contributed by atoms with Gasteiger partial charge in [0, 0.05) is 11.8 Å². The van der Waals surface area contributed by atoms with Gasteiger partial charge in [0.2, 0.25) is 0 Å². The molecule has 1 atom stereocenters. The van der Waals surface area contributed by atoms with Gasteiger partial charge in [-0.15, -0.1) is 0 Å². The van der Waals surface area contributed by atoms with Crippen molar-refractivity contribution in [1.29, 1.82) is 0 Å². The summed E-state index contributed by atoms with van der Waals surface area (Å²) in [5, 5.41) is 11.8. The Labute approximate surface area is 223 Å². The van der Waals surface area contributed by atoms with E-state index in [1.165, 1.54) is 57.6 Å². The Morgan fingerprint density at radius 1 is 0.895 bits per heavy atom. The molecule has 1 aliphatic heterocycles. The number of aliphatic hydroxyl groups is 1. The zero-order valence-electron chi connectivity index (χ0n) is 21.0. The molecule has 10 heteroatoms. The van der Waals surface area contributed by atoms with Gasteiger partial charge in [0.05, 0.1) is 56.2 Å². The van der Waals surface area contributed by atoms with Crippen molar-refractivity contribution in [2.24, 2.45) is 0 Å². The quantitative estimate of drug-likeness (QED) is 0.198. The van der Waals surface area contributed by atoms with Crippen molar-refractivity contribution in [2.75, 3.05) is 33.3 Å². The van der Waals surface area contributed by atoms with Crippen LogP contribution in [0.2, 0.25) is 5.02 Å². The molecule has 196 valence electrons. The molecule has 1 amide bonds. The van der Waals surface area contributed by atoms with Gasteiger partial charge in [-0.1, -0.05) is 29.8 Å². The highest BCUT2D eigenvalue weighted by Crippen LogP contribution is 2.45. The number of aliphatic hydroxyl groups excluding tert-OH is 1. The lowest BCUT2D eigenvalue weighted by atomic mass is 9.94. The minimum atomic E-state index is -1.08. The molecule has 1 fully saturated rings. The number of rotatable bonds is 7. The van der Waals surface area contributed by atoms with E-state index >= 15 is 0 Å². The Morgan fingerprint density at radius 2 is 1.61 bits per heavy atom. The number of carbonyl (C=O) groups is 3. The van der Waals surface area contributed by atoms with Crippen LogP contribution in [0.4, 0.5) is 5.69 Å². The molecule has 1 N–H and O–H groups in total. The maximum Gasteiger partial charge on any atom is 0.337 e. The first-order chi connectivity index (χ1) is 18.2. The predicted octanol–water partition coefficient (Wildman–Crippen LogP) is 4.78. The summed E-state index contributed by atoms with van der Waals surface area (Å²) in [5.41, 5.74) is 0.814. The molecule has 1 unspecified atom stereocenters. The minimum Gasteiger partial charge on any atom is -0.507 e. The van der Waals surface area contributed by atoms with Crippen LogP contribution in [-0.2, 0) is 14.3 Å². The minimum absolute atomic E-state index is 0.1000. The molecule has 1 saturated heterocycles. The van der Waals surface area contributed by atoms with E-state index in [0.717, 1.165) is 0 Å². The van der Waals surface area contributed by atoms with Crippen molar-refractivity contribution in [1.82, 2.24) is 0 Å². The lowest BCUT2D eigenvalue weighted by Crippen LogP contribution is -2.29. The molecule has 0 saturated carbocycles. The molecule has 0 spiro atoms. The first-order valence-corrected chi connectivity index (χ1v) is 11.7. The van der Waals surface area contributed by atoms with Crippen molar-refractivity contribution in [3.05, 3.63) is 87.9 Å². The fourth-order valence-corrected chi connectivity index (χ4v) is 4.55. The number of esters is 1. The zero-order valence-corrected chi connectivity index (χ0v) is 21.7. The number of nitrogens with zero attached hydrogens (tertiary/aromatic N) is 1. The summed E-state index contributed by atoms with van der Waals surface area (Å²) < 4.78 is 20.8.